The SMILES string of the molecule is N#CC(NC(=O)NC1CC1)C1CC1. The van der Waals surface area contributed by atoms with Gasteiger partial charge in [0.25, 0.3) is 0 Å². The van der Waals surface area contributed by atoms with Gasteiger partial charge in [-0.1, -0.05) is 0 Å². The molecular formula is C9H13N3O. The van der Waals surface area contributed by atoms with E-state index in [-0.39, 0.29) is 12.1 Å². The van der Waals surface area contributed by atoms with Gasteiger partial charge in [0.2, 0.25) is 0 Å². The van der Waals surface area contributed by atoms with Gasteiger partial charge in [-0.25, -0.2) is 4.79 Å². The molecule has 0 aromatic heterocycles. The summed E-state index contributed by atoms with van der Waals surface area (Å²) in [6.45, 7) is 0. The molecule has 0 bridgehead atoms. The second-order valence-corrected chi connectivity index (χ2v) is 3.84. The quantitative estimate of drug-likeness (QED) is 0.671. The van der Waals surface area contributed by atoms with Crippen LogP contribution in [0.3, 0.4) is 0 Å². The van der Waals surface area contributed by atoms with Crippen LogP contribution in [0.4, 0.5) is 4.79 Å². The van der Waals surface area contributed by atoms with Crippen molar-refractivity contribution in [1.29, 1.82) is 5.26 Å². The van der Waals surface area contributed by atoms with Crippen molar-refractivity contribution in [3.63, 3.8) is 0 Å². The minimum absolute atomic E-state index is 0.180. The van der Waals surface area contributed by atoms with E-state index in [9.17, 15) is 4.79 Å². The number of urea groups is 1. The number of hydrogen-bond acceptors (Lipinski definition) is 2. The Hall–Kier alpha value is -1.24. The molecule has 2 N–H and O–H groups in total. The fraction of sp³-hybridized carbons (Fsp3) is 0.778. The van der Waals surface area contributed by atoms with Gasteiger partial charge in [0.05, 0.1) is 6.07 Å². The molecule has 2 saturated carbocycles. The fourth-order valence-corrected chi connectivity index (χ4v) is 1.28. The third kappa shape index (κ3) is 2.35. The average molecular weight is 179 g/mol. The maximum absolute atomic E-state index is 11.2. The van der Waals surface area contributed by atoms with Crippen molar-refractivity contribution >= 4 is 6.03 Å². The first kappa shape index (κ1) is 8.36. The van der Waals surface area contributed by atoms with E-state index in [1.807, 2.05) is 0 Å². The van der Waals surface area contributed by atoms with Crippen LogP contribution < -0.4 is 10.6 Å². The summed E-state index contributed by atoms with van der Waals surface area (Å²) in [5.41, 5.74) is 0. The van der Waals surface area contributed by atoms with Gasteiger partial charge >= 0.3 is 6.03 Å². The van der Waals surface area contributed by atoms with Crippen LogP contribution in [0.5, 0.6) is 0 Å². The lowest BCUT2D eigenvalue weighted by Gasteiger charge is -2.10. The molecule has 13 heavy (non-hydrogen) atoms. The summed E-state index contributed by atoms with van der Waals surface area (Å²) in [5.74, 6) is 0.398. The summed E-state index contributed by atoms with van der Waals surface area (Å²) in [5, 5.41) is 14.2. The van der Waals surface area contributed by atoms with Gasteiger partial charge in [0, 0.05) is 6.04 Å². The van der Waals surface area contributed by atoms with Crippen molar-refractivity contribution in [1.82, 2.24) is 10.6 Å². The lowest BCUT2D eigenvalue weighted by atomic mass is 10.2. The van der Waals surface area contributed by atoms with E-state index in [4.69, 9.17) is 5.26 Å². The lowest BCUT2D eigenvalue weighted by Crippen LogP contribution is -2.43. The summed E-state index contributed by atoms with van der Waals surface area (Å²) in [6.07, 6.45) is 4.30. The maximum Gasteiger partial charge on any atom is 0.316 e. The van der Waals surface area contributed by atoms with E-state index < -0.39 is 0 Å². The molecule has 0 heterocycles. The monoisotopic (exact) mass is 179 g/mol. The zero-order valence-corrected chi connectivity index (χ0v) is 7.42. The molecule has 2 amide bonds. The molecule has 1 unspecified atom stereocenters. The van der Waals surface area contributed by atoms with Gasteiger partial charge in [0.15, 0.2) is 0 Å². The Kier molecular flexibility index (Phi) is 2.09. The van der Waals surface area contributed by atoms with Crippen molar-refractivity contribution in [2.45, 2.75) is 37.8 Å². The number of hydrogen-bond donors (Lipinski definition) is 2. The van der Waals surface area contributed by atoms with Crippen molar-refractivity contribution < 1.29 is 4.79 Å². The van der Waals surface area contributed by atoms with Gasteiger partial charge in [-0.3, -0.25) is 0 Å². The van der Waals surface area contributed by atoms with Crippen molar-refractivity contribution in [2.75, 3.05) is 0 Å². The van der Waals surface area contributed by atoms with E-state index in [0.29, 0.717) is 12.0 Å². The van der Waals surface area contributed by atoms with Crippen LogP contribution in [0.15, 0.2) is 0 Å². The number of carbonyl (C=O) groups is 1. The highest BCUT2D eigenvalue weighted by atomic mass is 16.2. The predicted molar refractivity (Wildman–Crippen MR) is 46.8 cm³/mol. The Morgan fingerprint density at radius 1 is 1.38 bits per heavy atom. The highest BCUT2D eigenvalue weighted by Gasteiger charge is 2.33. The summed E-state index contributed by atoms with van der Waals surface area (Å²) >= 11 is 0. The second kappa shape index (κ2) is 3.25. The third-order valence-electron chi connectivity index (χ3n) is 2.43. The normalized spacial score (nSPS) is 23.0. The Labute approximate surface area is 77.3 Å². The Bertz CT molecular complexity index is 250. The maximum atomic E-state index is 11.2. The van der Waals surface area contributed by atoms with Crippen LogP contribution in [-0.2, 0) is 0 Å². The van der Waals surface area contributed by atoms with E-state index in [1.54, 1.807) is 0 Å². The minimum atomic E-state index is -0.279. The van der Waals surface area contributed by atoms with Crippen LogP contribution in [0.1, 0.15) is 25.7 Å². The van der Waals surface area contributed by atoms with Crippen LogP contribution >= 0.6 is 0 Å². The van der Waals surface area contributed by atoms with Crippen LogP contribution in [0, 0.1) is 17.2 Å². The first-order valence-corrected chi connectivity index (χ1v) is 4.76. The van der Waals surface area contributed by atoms with Crippen LogP contribution in [-0.4, -0.2) is 18.1 Å². The molecule has 0 spiro atoms. The van der Waals surface area contributed by atoms with Gasteiger partial charge < -0.3 is 10.6 Å². The molecule has 0 aromatic carbocycles. The lowest BCUT2D eigenvalue weighted by molar-refractivity contribution is 0.237. The zero-order chi connectivity index (χ0) is 9.26. The summed E-state index contributed by atoms with van der Waals surface area (Å²) in [6, 6.07) is 2.02. The van der Waals surface area contributed by atoms with Gasteiger partial charge in [0.1, 0.15) is 6.04 Å². The van der Waals surface area contributed by atoms with E-state index in [1.165, 1.54) is 0 Å². The molecule has 0 aromatic rings. The molecule has 70 valence electrons. The smallest absolute Gasteiger partial charge is 0.316 e. The molecule has 0 aliphatic heterocycles. The Morgan fingerprint density at radius 2 is 2.08 bits per heavy atom. The molecule has 0 saturated heterocycles. The number of rotatable bonds is 3. The number of nitriles is 1. The van der Waals surface area contributed by atoms with Crippen LogP contribution in [0.25, 0.3) is 0 Å². The number of amides is 2. The molecule has 2 fully saturated rings. The highest BCUT2D eigenvalue weighted by molar-refractivity contribution is 5.75. The molecule has 2 rings (SSSR count). The minimum Gasteiger partial charge on any atom is -0.335 e. The topological polar surface area (TPSA) is 64.9 Å². The standard InChI is InChI=1S/C9H13N3O/c10-5-8(6-1-2-6)12-9(13)11-7-3-4-7/h6-8H,1-4H2,(H2,11,12,13). The zero-order valence-electron chi connectivity index (χ0n) is 7.42. The fourth-order valence-electron chi connectivity index (χ4n) is 1.28. The highest BCUT2D eigenvalue weighted by Crippen LogP contribution is 2.32. The van der Waals surface area contributed by atoms with Crippen molar-refractivity contribution in [2.24, 2.45) is 5.92 Å². The summed E-state index contributed by atoms with van der Waals surface area (Å²) in [7, 11) is 0. The first-order valence-electron chi connectivity index (χ1n) is 4.76. The Morgan fingerprint density at radius 3 is 2.54 bits per heavy atom. The summed E-state index contributed by atoms with van der Waals surface area (Å²) < 4.78 is 0. The number of nitrogens with one attached hydrogen (secondary N) is 2. The molecule has 2 aliphatic carbocycles. The predicted octanol–water partition coefficient (Wildman–Crippen LogP) is 0.750. The van der Waals surface area contributed by atoms with Gasteiger partial charge in [-0.05, 0) is 31.6 Å². The van der Waals surface area contributed by atoms with Gasteiger partial charge in [-0.2, -0.15) is 5.26 Å². The largest absolute Gasteiger partial charge is 0.335 e. The molecule has 2 aliphatic rings. The molecule has 4 nitrogen and oxygen atoms in total. The average Bonchev–Trinajstić information content (AvgIpc) is 2.91. The second-order valence-electron chi connectivity index (χ2n) is 3.84. The molecule has 0 radical (unpaired) electrons. The number of carbonyl (C=O) groups excluding carboxylic acids is 1. The van der Waals surface area contributed by atoms with Crippen molar-refractivity contribution in [3.05, 3.63) is 0 Å². The molecule has 1 atom stereocenters. The third-order valence-corrected chi connectivity index (χ3v) is 2.43. The Balaban J connectivity index is 1.74. The van der Waals surface area contributed by atoms with E-state index in [0.717, 1.165) is 25.7 Å². The summed E-state index contributed by atoms with van der Waals surface area (Å²) in [4.78, 5) is 11.2. The molecule has 4 heteroatoms. The molecular weight excluding hydrogens is 166 g/mol. The van der Waals surface area contributed by atoms with Crippen LogP contribution in [0.2, 0.25) is 0 Å². The van der Waals surface area contributed by atoms with E-state index in [2.05, 4.69) is 16.7 Å². The van der Waals surface area contributed by atoms with E-state index >= 15 is 0 Å². The van der Waals surface area contributed by atoms with Gasteiger partial charge in [-0.15, -0.1) is 0 Å². The first-order chi connectivity index (χ1) is 6.29. The number of nitrogens with zero attached hydrogens (tertiary/aromatic N) is 1. The van der Waals surface area contributed by atoms with Crippen molar-refractivity contribution in [3.8, 4) is 6.07 Å².